The lowest BCUT2D eigenvalue weighted by atomic mass is 9.95. The van der Waals surface area contributed by atoms with Gasteiger partial charge in [0.05, 0.1) is 17.7 Å². The Labute approximate surface area is 134 Å². The highest BCUT2D eigenvalue weighted by molar-refractivity contribution is 9.10. The first-order valence-electron chi connectivity index (χ1n) is 7.52. The van der Waals surface area contributed by atoms with Gasteiger partial charge in [0.2, 0.25) is 0 Å². The van der Waals surface area contributed by atoms with Crippen LogP contribution in [-0.2, 0) is 15.9 Å². The molecule has 1 atom stereocenters. The number of ether oxygens (including phenoxy) is 2. The molecular formula is C16H22BrNO3. The molecule has 116 valence electrons. The zero-order valence-corrected chi connectivity index (χ0v) is 13.9. The summed E-state index contributed by atoms with van der Waals surface area (Å²) in [6.07, 6.45) is 1.02. The highest BCUT2D eigenvalue weighted by Gasteiger charge is 2.24. The van der Waals surface area contributed by atoms with E-state index in [0.717, 1.165) is 43.7 Å². The number of aromatic hydroxyl groups is 1. The van der Waals surface area contributed by atoms with Crippen LogP contribution in [0.2, 0.25) is 0 Å². The van der Waals surface area contributed by atoms with Crippen LogP contribution < -0.4 is 0 Å². The molecule has 5 heteroatoms. The molecule has 1 aromatic carbocycles. The first-order valence-corrected chi connectivity index (χ1v) is 8.32. The molecule has 0 amide bonds. The van der Waals surface area contributed by atoms with Gasteiger partial charge in [0.25, 0.3) is 0 Å². The van der Waals surface area contributed by atoms with Crippen LogP contribution in [-0.4, -0.2) is 49.6 Å². The van der Waals surface area contributed by atoms with Gasteiger partial charge in [0.15, 0.2) is 0 Å². The minimum atomic E-state index is 0.336. The summed E-state index contributed by atoms with van der Waals surface area (Å²) in [5.41, 5.74) is 2.61. The molecule has 1 N–H and O–H groups in total. The van der Waals surface area contributed by atoms with Crippen LogP contribution in [0.5, 0.6) is 5.75 Å². The van der Waals surface area contributed by atoms with E-state index in [2.05, 4.69) is 33.8 Å². The quantitative estimate of drug-likeness (QED) is 0.885. The van der Waals surface area contributed by atoms with Crippen molar-refractivity contribution >= 4 is 15.9 Å². The van der Waals surface area contributed by atoms with Crippen LogP contribution in [0.3, 0.4) is 0 Å². The van der Waals surface area contributed by atoms with Crippen molar-refractivity contribution in [3.63, 3.8) is 0 Å². The predicted molar refractivity (Wildman–Crippen MR) is 84.6 cm³/mol. The first kappa shape index (κ1) is 15.3. The minimum Gasteiger partial charge on any atom is -0.507 e. The lowest BCUT2D eigenvalue weighted by Crippen LogP contribution is -2.38. The van der Waals surface area contributed by atoms with E-state index in [1.807, 2.05) is 6.07 Å². The number of rotatable bonds is 2. The third kappa shape index (κ3) is 3.59. The van der Waals surface area contributed by atoms with Crippen molar-refractivity contribution < 1.29 is 14.6 Å². The Morgan fingerprint density at radius 1 is 1.33 bits per heavy atom. The Balaban J connectivity index is 1.70. The maximum absolute atomic E-state index is 9.92. The van der Waals surface area contributed by atoms with Crippen LogP contribution in [0.25, 0.3) is 0 Å². The molecule has 0 radical (unpaired) electrons. The van der Waals surface area contributed by atoms with Crippen LogP contribution in [0.4, 0.5) is 0 Å². The molecule has 0 spiro atoms. The summed E-state index contributed by atoms with van der Waals surface area (Å²) < 4.78 is 11.6. The number of hydrogen-bond donors (Lipinski definition) is 1. The van der Waals surface area contributed by atoms with Crippen LogP contribution >= 0.6 is 15.9 Å². The fraction of sp³-hybridized carbons (Fsp3) is 0.625. The molecule has 1 unspecified atom stereocenters. The summed E-state index contributed by atoms with van der Waals surface area (Å²) >= 11 is 3.42. The van der Waals surface area contributed by atoms with E-state index in [0.29, 0.717) is 24.4 Å². The van der Waals surface area contributed by atoms with Crippen molar-refractivity contribution in [3.8, 4) is 5.75 Å². The second-order valence-electron chi connectivity index (χ2n) is 6.14. The van der Waals surface area contributed by atoms with Gasteiger partial charge in [0.1, 0.15) is 12.5 Å². The van der Waals surface area contributed by atoms with Gasteiger partial charge in [-0.1, -0.05) is 6.92 Å². The number of nitrogens with zero attached hydrogens (tertiary/aromatic N) is 1. The molecule has 2 aliphatic heterocycles. The number of hydrogen-bond acceptors (Lipinski definition) is 4. The van der Waals surface area contributed by atoms with E-state index < -0.39 is 0 Å². The number of phenols is 1. The van der Waals surface area contributed by atoms with Crippen molar-refractivity contribution in [1.82, 2.24) is 4.90 Å². The summed E-state index contributed by atoms with van der Waals surface area (Å²) in [6.45, 7) is 7.35. The molecule has 0 aromatic heterocycles. The molecule has 1 saturated heterocycles. The lowest BCUT2D eigenvalue weighted by Gasteiger charge is -2.29. The molecule has 2 aliphatic rings. The van der Waals surface area contributed by atoms with Gasteiger partial charge >= 0.3 is 0 Å². The summed E-state index contributed by atoms with van der Waals surface area (Å²) in [7, 11) is 0. The summed E-state index contributed by atoms with van der Waals surface area (Å²) in [5, 5.41) is 9.92. The second kappa shape index (κ2) is 6.65. The van der Waals surface area contributed by atoms with Gasteiger partial charge < -0.3 is 19.5 Å². The Hall–Kier alpha value is -0.620. The van der Waals surface area contributed by atoms with E-state index >= 15 is 0 Å². The number of benzene rings is 1. The minimum absolute atomic E-state index is 0.336. The van der Waals surface area contributed by atoms with Crippen LogP contribution in [0, 0.1) is 5.92 Å². The highest BCUT2D eigenvalue weighted by atomic mass is 79.9. The molecule has 4 nitrogen and oxygen atoms in total. The molecule has 1 aromatic rings. The van der Waals surface area contributed by atoms with Crippen molar-refractivity contribution in [2.24, 2.45) is 5.92 Å². The largest absolute Gasteiger partial charge is 0.507 e. The first-order chi connectivity index (χ1) is 10.1. The zero-order chi connectivity index (χ0) is 14.8. The van der Waals surface area contributed by atoms with Crippen molar-refractivity contribution in [3.05, 3.63) is 27.7 Å². The Morgan fingerprint density at radius 2 is 2.10 bits per heavy atom. The molecular weight excluding hydrogens is 334 g/mol. The molecule has 2 heterocycles. The molecule has 21 heavy (non-hydrogen) atoms. The van der Waals surface area contributed by atoms with Crippen LogP contribution in [0.15, 0.2) is 16.6 Å². The topological polar surface area (TPSA) is 41.9 Å². The van der Waals surface area contributed by atoms with Gasteiger partial charge in [-0.25, -0.2) is 0 Å². The van der Waals surface area contributed by atoms with Gasteiger partial charge in [-0.15, -0.1) is 0 Å². The van der Waals surface area contributed by atoms with E-state index in [-0.39, 0.29) is 0 Å². The van der Waals surface area contributed by atoms with Crippen molar-refractivity contribution in [1.29, 1.82) is 0 Å². The molecule has 0 bridgehead atoms. The summed E-state index contributed by atoms with van der Waals surface area (Å²) in [4.78, 5) is 2.50. The van der Waals surface area contributed by atoms with E-state index in [9.17, 15) is 5.11 Å². The maximum atomic E-state index is 9.92. The van der Waals surface area contributed by atoms with E-state index in [1.54, 1.807) is 0 Å². The molecule has 1 fully saturated rings. The van der Waals surface area contributed by atoms with Crippen molar-refractivity contribution in [2.45, 2.75) is 19.3 Å². The normalized spacial score (nSPS) is 24.6. The van der Waals surface area contributed by atoms with E-state index in [1.165, 1.54) is 11.1 Å². The van der Waals surface area contributed by atoms with Gasteiger partial charge in [-0.05, 0) is 51.5 Å². The van der Waals surface area contributed by atoms with Gasteiger partial charge in [-0.2, -0.15) is 0 Å². The average molecular weight is 356 g/mol. The zero-order valence-electron chi connectivity index (χ0n) is 12.3. The number of phenolic OH excluding ortho intramolecular Hbond substituents is 1. The van der Waals surface area contributed by atoms with Gasteiger partial charge in [-0.3, -0.25) is 0 Å². The lowest BCUT2D eigenvalue weighted by molar-refractivity contribution is -0.130. The second-order valence-corrected chi connectivity index (χ2v) is 6.99. The third-order valence-electron chi connectivity index (χ3n) is 4.36. The average Bonchev–Trinajstić information content (AvgIpc) is 2.61. The highest BCUT2D eigenvalue weighted by Crippen LogP contribution is 2.34. The fourth-order valence-corrected chi connectivity index (χ4v) is 3.71. The number of halogens is 1. The van der Waals surface area contributed by atoms with E-state index in [4.69, 9.17) is 9.47 Å². The Kier molecular flexibility index (Phi) is 4.84. The molecule has 0 saturated carbocycles. The SMILES string of the molecule is CC1CN(CC2COCOC2)CCc2cc(Br)c(O)cc21. The maximum Gasteiger partial charge on any atom is 0.146 e. The molecule has 0 aliphatic carbocycles. The Bertz CT molecular complexity index is 503. The summed E-state index contributed by atoms with van der Waals surface area (Å²) in [6, 6.07) is 3.98. The van der Waals surface area contributed by atoms with Gasteiger partial charge in [0, 0.05) is 25.6 Å². The molecule has 3 rings (SSSR count). The summed E-state index contributed by atoms with van der Waals surface area (Å²) in [5.74, 6) is 1.22. The Morgan fingerprint density at radius 3 is 2.86 bits per heavy atom. The van der Waals surface area contributed by atoms with Crippen LogP contribution in [0.1, 0.15) is 24.0 Å². The predicted octanol–water partition coefficient (Wildman–Crippen LogP) is 2.74. The standard InChI is InChI=1S/C16H22BrNO3/c1-11-6-18(7-12-8-20-10-21-9-12)3-2-13-4-15(17)16(19)5-14(11)13/h4-5,11-12,19H,2-3,6-10H2,1H3. The third-order valence-corrected chi connectivity index (χ3v) is 4.99. The smallest absolute Gasteiger partial charge is 0.146 e. The number of fused-ring (bicyclic) bond motifs is 1. The van der Waals surface area contributed by atoms with Crippen molar-refractivity contribution in [2.75, 3.05) is 39.6 Å². The fourth-order valence-electron chi connectivity index (χ4n) is 3.32. The monoisotopic (exact) mass is 355 g/mol.